The number of hydrogen-bond acceptors (Lipinski definition) is 3. The fourth-order valence-electron chi connectivity index (χ4n) is 2.32. The average Bonchev–Trinajstić information content (AvgIpc) is 2.59. The summed E-state index contributed by atoms with van der Waals surface area (Å²) in [6, 6.07) is 6.84. The maximum atomic E-state index is 4.38. The van der Waals surface area contributed by atoms with Crippen LogP contribution in [0.5, 0.6) is 0 Å². The first-order valence-electron chi connectivity index (χ1n) is 6.17. The molecule has 3 heteroatoms. The Morgan fingerprint density at radius 3 is 3.12 bits per heavy atom. The van der Waals surface area contributed by atoms with Gasteiger partial charge in [0.25, 0.3) is 0 Å². The van der Waals surface area contributed by atoms with Crippen LogP contribution in [0.25, 0.3) is 0 Å². The molecule has 2 heterocycles. The van der Waals surface area contributed by atoms with Crippen molar-refractivity contribution in [1.29, 1.82) is 0 Å². The van der Waals surface area contributed by atoms with Crippen molar-refractivity contribution in [3.8, 4) is 0 Å². The van der Waals surface area contributed by atoms with Gasteiger partial charge in [0, 0.05) is 18.8 Å². The zero-order valence-corrected chi connectivity index (χ0v) is 10.0. The van der Waals surface area contributed by atoms with Crippen LogP contribution in [0, 0.1) is 0 Å². The van der Waals surface area contributed by atoms with Gasteiger partial charge in [-0.3, -0.25) is 9.88 Å². The standard InChI is InChI=1S/C13H21N3/c1-16(11-12-5-2-3-9-15-12)13-6-4-8-14-10-7-13/h2-3,5,9,13-14H,4,6-8,10-11H2,1H3. The summed E-state index contributed by atoms with van der Waals surface area (Å²) in [4.78, 5) is 6.82. The normalized spacial score (nSPS) is 22.0. The van der Waals surface area contributed by atoms with Crippen molar-refractivity contribution in [3.05, 3.63) is 30.1 Å². The summed E-state index contributed by atoms with van der Waals surface area (Å²) in [5.74, 6) is 0. The smallest absolute Gasteiger partial charge is 0.0543 e. The summed E-state index contributed by atoms with van der Waals surface area (Å²) >= 11 is 0. The van der Waals surface area contributed by atoms with Gasteiger partial charge in [0.05, 0.1) is 5.69 Å². The molecule has 1 aromatic rings. The third-order valence-corrected chi connectivity index (χ3v) is 3.31. The Labute approximate surface area is 97.9 Å². The highest BCUT2D eigenvalue weighted by atomic mass is 15.1. The zero-order valence-electron chi connectivity index (χ0n) is 10.0. The topological polar surface area (TPSA) is 28.2 Å². The second-order valence-electron chi connectivity index (χ2n) is 4.57. The predicted molar refractivity (Wildman–Crippen MR) is 66.2 cm³/mol. The molecule has 1 atom stereocenters. The summed E-state index contributed by atoms with van der Waals surface area (Å²) in [5, 5.41) is 3.45. The fourth-order valence-corrected chi connectivity index (χ4v) is 2.32. The van der Waals surface area contributed by atoms with Crippen molar-refractivity contribution in [2.45, 2.75) is 31.8 Å². The van der Waals surface area contributed by atoms with Crippen LogP contribution in [0.15, 0.2) is 24.4 Å². The van der Waals surface area contributed by atoms with Crippen molar-refractivity contribution in [1.82, 2.24) is 15.2 Å². The van der Waals surface area contributed by atoms with E-state index in [2.05, 4.69) is 34.4 Å². The Bertz CT molecular complexity index is 291. The summed E-state index contributed by atoms with van der Waals surface area (Å²) in [5.41, 5.74) is 1.17. The molecule has 1 N–H and O–H groups in total. The third kappa shape index (κ3) is 3.29. The molecule has 1 unspecified atom stereocenters. The summed E-state index contributed by atoms with van der Waals surface area (Å²) in [6.07, 6.45) is 5.72. The molecule has 16 heavy (non-hydrogen) atoms. The lowest BCUT2D eigenvalue weighted by molar-refractivity contribution is 0.214. The molecule has 2 rings (SSSR count). The summed E-state index contributed by atoms with van der Waals surface area (Å²) in [7, 11) is 2.21. The van der Waals surface area contributed by atoms with Gasteiger partial charge in [-0.05, 0) is 51.5 Å². The molecule has 1 aliphatic heterocycles. The van der Waals surface area contributed by atoms with E-state index in [1.165, 1.54) is 31.5 Å². The highest BCUT2D eigenvalue weighted by Gasteiger charge is 2.16. The molecule has 0 amide bonds. The Hall–Kier alpha value is -0.930. The highest BCUT2D eigenvalue weighted by molar-refractivity contribution is 5.03. The Morgan fingerprint density at radius 1 is 1.38 bits per heavy atom. The summed E-state index contributed by atoms with van der Waals surface area (Å²) < 4.78 is 0. The first-order chi connectivity index (χ1) is 7.86. The molecular formula is C13H21N3. The van der Waals surface area contributed by atoms with Crippen LogP contribution in [0.1, 0.15) is 25.0 Å². The molecular weight excluding hydrogens is 198 g/mol. The minimum absolute atomic E-state index is 0.706. The molecule has 0 aliphatic carbocycles. The van der Waals surface area contributed by atoms with Crippen LogP contribution >= 0.6 is 0 Å². The molecule has 0 radical (unpaired) electrons. The first-order valence-corrected chi connectivity index (χ1v) is 6.17. The number of aromatic nitrogens is 1. The van der Waals surface area contributed by atoms with Crippen LogP contribution in [0.4, 0.5) is 0 Å². The molecule has 0 saturated carbocycles. The van der Waals surface area contributed by atoms with E-state index in [0.717, 1.165) is 13.1 Å². The molecule has 3 nitrogen and oxygen atoms in total. The predicted octanol–water partition coefficient (Wildman–Crippen LogP) is 1.66. The maximum Gasteiger partial charge on any atom is 0.0543 e. The number of nitrogens with zero attached hydrogens (tertiary/aromatic N) is 2. The van der Waals surface area contributed by atoms with Gasteiger partial charge in [0.1, 0.15) is 0 Å². The third-order valence-electron chi connectivity index (χ3n) is 3.31. The maximum absolute atomic E-state index is 4.38. The van der Waals surface area contributed by atoms with Gasteiger partial charge in [0.15, 0.2) is 0 Å². The lowest BCUT2D eigenvalue weighted by Gasteiger charge is -2.26. The Kier molecular flexibility index (Phi) is 4.31. The SMILES string of the molecule is CN(Cc1ccccn1)C1CCCNCC1. The van der Waals surface area contributed by atoms with Gasteiger partial charge in [-0.25, -0.2) is 0 Å². The number of pyridine rings is 1. The van der Waals surface area contributed by atoms with E-state index < -0.39 is 0 Å². The second-order valence-corrected chi connectivity index (χ2v) is 4.57. The second kappa shape index (κ2) is 5.97. The van der Waals surface area contributed by atoms with E-state index in [0.29, 0.717) is 6.04 Å². The van der Waals surface area contributed by atoms with E-state index in [9.17, 15) is 0 Å². The highest BCUT2D eigenvalue weighted by Crippen LogP contribution is 2.13. The molecule has 88 valence electrons. The lowest BCUT2D eigenvalue weighted by atomic mass is 10.1. The van der Waals surface area contributed by atoms with Crippen molar-refractivity contribution in [2.75, 3.05) is 20.1 Å². The van der Waals surface area contributed by atoms with Gasteiger partial charge < -0.3 is 5.32 Å². The quantitative estimate of drug-likeness (QED) is 0.838. The average molecular weight is 219 g/mol. The zero-order chi connectivity index (χ0) is 11.2. The first kappa shape index (κ1) is 11.6. The van der Waals surface area contributed by atoms with Gasteiger partial charge in [-0.1, -0.05) is 6.07 Å². The van der Waals surface area contributed by atoms with Gasteiger partial charge in [-0.15, -0.1) is 0 Å². The Morgan fingerprint density at radius 2 is 2.31 bits per heavy atom. The molecule has 0 bridgehead atoms. The van der Waals surface area contributed by atoms with Crippen LogP contribution < -0.4 is 5.32 Å². The van der Waals surface area contributed by atoms with Crippen LogP contribution in [-0.4, -0.2) is 36.1 Å². The molecule has 1 aliphatic rings. The van der Waals surface area contributed by atoms with E-state index >= 15 is 0 Å². The van der Waals surface area contributed by atoms with Crippen LogP contribution in [-0.2, 0) is 6.54 Å². The molecule has 1 fully saturated rings. The minimum Gasteiger partial charge on any atom is -0.317 e. The van der Waals surface area contributed by atoms with Gasteiger partial charge in [0.2, 0.25) is 0 Å². The largest absolute Gasteiger partial charge is 0.317 e. The van der Waals surface area contributed by atoms with Gasteiger partial charge >= 0.3 is 0 Å². The van der Waals surface area contributed by atoms with E-state index in [4.69, 9.17) is 0 Å². The van der Waals surface area contributed by atoms with Crippen LogP contribution in [0.3, 0.4) is 0 Å². The van der Waals surface area contributed by atoms with E-state index in [-0.39, 0.29) is 0 Å². The molecule has 0 spiro atoms. The molecule has 1 saturated heterocycles. The van der Waals surface area contributed by atoms with E-state index in [1.54, 1.807) is 0 Å². The van der Waals surface area contributed by atoms with Crippen molar-refractivity contribution >= 4 is 0 Å². The van der Waals surface area contributed by atoms with Crippen LogP contribution in [0.2, 0.25) is 0 Å². The van der Waals surface area contributed by atoms with Crippen molar-refractivity contribution in [3.63, 3.8) is 0 Å². The number of rotatable bonds is 3. The Balaban J connectivity index is 1.89. The van der Waals surface area contributed by atoms with Crippen molar-refractivity contribution < 1.29 is 0 Å². The number of nitrogens with one attached hydrogen (secondary N) is 1. The lowest BCUT2D eigenvalue weighted by Crippen LogP contribution is -2.32. The van der Waals surface area contributed by atoms with E-state index in [1.807, 2.05) is 12.3 Å². The van der Waals surface area contributed by atoms with Crippen molar-refractivity contribution in [2.24, 2.45) is 0 Å². The molecule has 1 aromatic heterocycles. The number of hydrogen-bond donors (Lipinski definition) is 1. The fraction of sp³-hybridized carbons (Fsp3) is 0.615. The summed E-state index contributed by atoms with van der Waals surface area (Å²) in [6.45, 7) is 3.29. The molecule has 0 aromatic carbocycles. The monoisotopic (exact) mass is 219 g/mol. The minimum atomic E-state index is 0.706. The van der Waals surface area contributed by atoms with Gasteiger partial charge in [-0.2, -0.15) is 0 Å².